The van der Waals surface area contributed by atoms with Gasteiger partial charge in [0.1, 0.15) is 0 Å². The first-order chi connectivity index (χ1) is 7.84. The average Bonchev–Trinajstić information content (AvgIpc) is 2.29. The average molecular weight is 242 g/mol. The topological polar surface area (TPSA) is 72.8 Å². The van der Waals surface area contributed by atoms with Crippen LogP contribution in [0, 0.1) is 17.3 Å². The van der Waals surface area contributed by atoms with Gasteiger partial charge >= 0.3 is 11.9 Å². The molecule has 1 N–H and O–H groups in total. The van der Waals surface area contributed by atoms with Crippen LogP contribution in [0.25, 0.3) is 0 Å². The van der Waals surface area contributed by atoms with Crippen molar-refractivity contribution in [3.8, 4) is 0 Å². The van der Waals surface area contributed by atoms with Crippen LogP contribution in [0.15, 0.2) is 11.8 Å². The molecule has 17 heavy (non-hydrogen) atoms. The van der Waals surface area contributed by atoms with Gasteiger partial charge < -0.3 is 14.6 Å². The lowest BCUT2D eigenvalue weighted by molar-refractivity contribution is -0.157. The van der Waals surface area contributed by atoms with Crippen LogP contribution in [-0.2, 0) is 19.1 Å². The van der Waals surface area contributed by atoms with Gasteiger partial charge in [0.05, 0.1) is 31.8 Å². The zero-order valence-electron chi connectivity index (χ0n) is 10.5. The lowest BCUT2D eigenvalue weighted by atomic mass is 9.64. The molecule has 1 aliphatic rings. The van der Waals surface area contributed by atoms with Crippen LogP contribution in [0.4, 0.5) is 0 Å². The lowest BCUT2D eigenvalue weighted by Gasteiger charge is -2.39. The summed E-state index contributed by atoms with van der Waals surface area (Å²) < 4.78 is 9.39. The predicted octanol–water partition coefficient (Wildman–Crippen LogP) is 1.44. The van der Waals surface area contributed by atoms with Gasteiger partial charge in [-0.25, -0.2) is 0 Å². The fourth-order valence-corrected chi connectivity index (χ4v) is 2.19. The summed E-state index contributed by atoms with van der Waals surface area (Å²) in [6.45, 7) is 3.58. The molecule has 0 spiro atoms. The van der Waals surface area contributed by atoms with Gasteiger partial charge in [-0.3, -0.25) is 9.59 Å². The minimum absolute atomic E-state index is 0.0233. The molecule has 0 saturated carbocycles. The molecule has 0 heterocycles. The van der Waals surface area contributed by atoms with Crippen molar-refractivity contribution < 1.29 is 24.2 Å². The molecule has 0 fully saturated rings. The van der Waals surface area contributed by atoms with Crippen molar-refractivity contribution in [3.63, 3.8) is 0 Å². The molecule has 5 heteroatoms. The van der Waals surface area contributed by atoms with Crippen LogP contribution in [0.5, 0.6) is 0 Å². The summed E-state index contributed by atoms with van der Waals surface area (Å²) in [5, 5.41) is 9.62. The monoisotopic (exact) mass is 242 g/mol. The molecule has 0 aromatic carbocycles. The first-order valence-electron chi connectivity index (χ1n) is 5.40. The van der Waals surface area contributed by atoms with E-state index < -0.39 is 29.2 Å². The van der Waals surface area contributed by atoms with E-state index in [1.165, 1.54) is 20.3 Å². The molecule has 0 saturated heterocycles. The second kappa shape index (κ2) is 4.77. The van der Waals surface area contributed by atoms with E-state index in [0.717, 1.165) is 0 Å². The number of carbonyl (C=O) groups excluding carboxylic acids is 2. The molecule has 0 aromatic rings. The van der Waals surface area contributed by atoms with Crippen LogP contribution in [0.1, 0.15) is 20.3 Å². The van der Waals surface area contributed by atoms with Crippen molar-refractivity contribution in [3.05, 3.63) is 11.8 Å². The van der Waals surface area contributed by atoms with Gasteiger partial charge in [-0.05, 0) is 11.5 Å². The second-order valence-electron chi connectivity index (χ2n) is 4.76. The summed E-state index contributed by atoms with van der Waals surface area (Å²) in [6, 6.07) is 0. The Morgan fingerprint density at radius 1 is 1.29 bits per heavy atom. The zero-order valence-corrected chi connectivity index (χ0v) is 10.5. The Hall–Kier alpha value is -1.52. The fraction of sp³-hybridized carbons (Fsp3) is 0.667. The third-order valence-corrected chi connectivity index (χ3v) is 3.41. The highest BCUT2D eigenvalue weighted by molar-refractivity contribution is 5.80. The highest BCUT2D eigenvalue weighted by Gasteiger charge is 2.48. The smallest absolute Gasteiger partial charge is 0.313 e. The SMILES string of the molecule is COC(=O)C1C=C(O)CC(C(=O)OC)C1(C)C. The fourth-order valence-electron chi connectivity index (χ4n) is 2.19. The number of carbonyl (C=O) groups is 2. The van der Waals surface area contributed by atoms with Crippen molar-refractivity contribution in [2.75, 3.05) is 14.2 Å². The van der Waals surface area contributed by atoms with E-state index in [4.69, 9.17) is 4.74 Å². The van der Waals surface area contributed by atoms with Gasteiger partial charge in [-0.1, -0.05) is 13.8 Å². The quantitative estimate of drug-likeness (QED) is 0.742. The van der Waals surface area contributed by atoms with Gasteiger partial charge in [0.15, 0.2) is 0 Å². The van der Waals surface area contributed by atoms with Crippen molar-refractivity contribution in [2.24, 2.45) is 17.3 Å². The first-order valence-corrected chi connectivity index (χ1v) is 5.40. The van der Waals surface area contributed by atoms with Crippen LogP contribution >= 0.6 is 0 Å². The Morgan fingerprint density at radius 2 is 1.82 bits per heavy atom. The molecule has 2 atom stereocenters. The minimum atomic E-state index is -0.648. The number of aliphatic hydroxyl groups is 1. The molecular weight excluding hydrogens is 224 g/mol. The van der Waals surface area contributed by atoms with Crippen molar-refractivity contribution >= 4 is 11.9 Å². The summed E-state index contributed by atoms with van der Waals surface area (Å²) in [4.78, 5) is 23.3. The highest BCUT2D eigenvalue weighted by atomic mass is 16.5. The maximum absolute atomic E-state index is 11.7. The standard InChI is InChI=1S/C12H18O5/c1-12(2)8(10(14)16-3)5-7(13)6-9(12)11(15)17-4/h5,8-9,13H,6H2,1-4H3. The maximum atomic E-state index is 11.7. The number of methoxy groups -OCH3 is 2. The van der Waals surface area contributed by atoms with Gasteiger partial charge in [0.2, 0.25) is 0 Å². The van der Waals surface area contributed by atoms with Crippen molar-refractivity contribution in [1.29, 1.82) is 0 Å². The summed E-state index contributed by atoms with van der Waals surface area (Å²) in [6.07, 6.45) is 1.64. The number of esters is 2. The Balaban J connectivity index is 3.11. The van der Waals surface area contributed by atoms with E-state index in [-0.39, 0.29) is 12.2 Å². The van der Waals surface area contributed by atoms with Gasteiger partial charge in [-0.15, -0.1) is 0 Å². The van der Waals surface area contributed by atoms with Crippen LogP contribution in [-0.4, -0.2) is 31.3 Å². The maximum Gasteiger partial charge on any atom is 0.313 e. The van der Waals surface area contributed by atoms with Crippen LogP contribution in [0.3, 0.4) is 0 Å². The van der Waals surface area contributed by atoms with E-state index >= 15 is 0 Å². The number of hydrogen-bond donors (Lipinski definition) is 1. The number of hydrogen-bond acceptors (Lipinski definition) is 5. The van der Waals surface area contributed by atoms with Crippen LogP contribution in [0.2, 0.25) is 0 Å². The number of ether oxygens (including phenoxy) is 2. The third-order valence-electron chi connectivity index (χ3n) is 3.41. The Kier molecular flexibility index (Phi) is 3.80. The Morgan fingerprint density at radius 3 is 2.29 bits per heavy atom. The molecule has 0 bridgehead atoms. The van der Waals surface area contributed by atoms with E-state index in [2.05, 4.69) is 4.74 Å². The van der Waals surface area contributed by atoms with E-state index in [9.17, 15) is 14.7 Å². The summed E-state index contributed by atoms with van der Waals surface area (Å²) in [7, 11) is 2.58. The van der Waals surface area contributed by atoms with Gasteiger partial charge in [0.25, 0.3) is 0 Å². The molecule has 5 nitrogen and oxygen atoms in total. The van der Waals surface area contributed by atoms with Gasteiger partial charge in [-0.2, -0.15) is 0 Å². The first kappa shape index (κ1) is 13.5. The highest BCUT2D eigenvalue weighted by Crippen LogP contribution is 2.44. The Labute approximate surface area is 100 Å². The molecule has 96 valence electrons. The third kappa shape index (κ3) is 2.43. The molecule has 2 unspecified atom stereocenters. The molecule has 0 radical (unpaired) electrons. The van der Waals surface area contributed by atoms with Crippen molar-refractivity contribution in [1.82, 2.24) is 0 Å². The number of allylic oxidation sites excluding steroid dienone is 1. The summed E-state index contributed by atoms with van der Waals surface area (Å²) >= 11 is 0. The second-order valence-corrected chi connectivity index (χ2v) is 4.76. The number of rotatable bonds is 2. The van der Waals surface area contributed by atoms with E-state index in [1.54, 1.807) is 13.8 Å². The Bertz CT molecular complexity index is 356. The summed E-state index contributed by atoms with van der Waals surface area (Å²) in [5.41, 5.74) is -0.646. The summed E-state index contributed by atoms with van der Waals surface area (Å²) in [5.74, 6) is -2.07. The molecule has 0 amide bonds. The largest absolute Gasteiger partial charge is 0.513 e. The van der Waals surface area contributed by atoms with E-state index in [1.807, 2.05) is 0 Å². The molecule has 1 aliphatic carbocycles. The molecule has 1 rings (SSSR count). The molecular formula is C12H18O5. The van der Waals surface area contributed by atoms with Gasteiger partial charge in [0, 0.05) is 6.42 Å². The molecule has 0 aromatic heterocycles. The number of aliphatic hydroxyl groups excluding tert-OH is 1. The van der Waals surface area contributed by atoms with Crippen molar-refractivity contribution in [2.45, 2.75) is 20.3 Å². The lowest BCUT2D eigenvalue weighted by Crippen LogP contribution is -2.44. The van der Waals surface area contributed by atoms with Crippen LogP contribution < -0.4 is 0 Å². The zero-order chi connectivity index (χ0) is 13.2. The minimum Gasteiger partial charge on any atom is -0.513 e. The van der Waals surface area contributed by atoms with E-state index in [0.29, 0.717) is 0 Å². The molecule has 0 aliphatic heterocycles. The normalized spacial score (nSPS) is 26.9. The predicted molar refractivity (Wildman–Crippen MR) is 60.1 cm³/mol.